The van der Waals surface area contributed by atoms with Crippen LogP contribution in [0.4, 0.5) is 5.69 Å². The lowest BCUT2D eigenvalue weighted by Gasteiger charge is -2.60. The molecule has 2 aromatic carbocycles. The maximum atomic E-state index is 13.4. The summed E-state index contributed by atoms with van der Waals surface area (Å²) in [5.74, 6) is 2.19. The van der Waals surface area contributed by atoms with Crippen LogP contribution in [-0.4, -0.2) is 22.8 Å². The molecule has 3 saturated carbocycles. The molecule has 4 aliphatic rings. The SMILES string of the molecule is C[C@]12C=CC(=O)N(Cc3ccccc3)[C@@H]1CC[C@@H]1[C@@H]2CC[C@]2(C)[C@@H](C(=O)Nc3ccccc3)CC[C@@H]12. The van der Waals surface area contributed by atoms with Gasteiger partial charge in [-0.2, -0.15) is 0 Å². The van der Waals surface area contributed by atoms with Crippen molar-refractivity contribution in [2.45, 2.75) is 65.0 Å². The van der Waals surface area contributed by atoms with E-state index in [2.05, 4.69) is 54.4 Å². The summed E-state index contributed by atoms with van der Waals surface area (Å²) in [5, 5.41) is 3.21. The molecule has 36 heavy (non-hydrogen) atoms. The molecule has 1 N–H and O–H groups in total. The average molecular weight is 483 g/mol. The topological polar surface area (TPSA) is 49.4 Å². The van der Waals surface area contributed by atoms with Crippen LogP contribution in [0.15, 0.2) is 72.8 Å². The van der Waals surface area contributed by atoms with Crippen LogP contribution in [0, 0.1) is 34.5 Å². The molecule has 0 bridgehead atoms. The standard InChI is InChI=1S/C32H38N2O2/c1-31-19-17-26-24(25(31)14-15-27(31)30(36)33-23-11-7-4-8-12-23)13-16-28-32(26,2)20-18-29(35)34(28)21-22-9-5-3-6-10-22/h3-12,18,20,24-28H,13-17,19,21H2,1-2H3,(H,33,36)/t24-,25-,26-,27+,28+,31-,32+/m0/s1. The number of nitrogens with one attached hydrogen (secondary N) is 1. The van der Waals surface area contributed by atoms with Crippen molar-refractivity contribution < 1.29 is 9.59 Å². The third kappa shape index (κ3) is 3.72. The van der Waals surface area contributed by atoms with E-state index in [1.807, 2.05) is 42.5 Å². The number of benzene rings is 2. The highest BCUT2D eigenvalue weighted by molar-refractivity contribution is 5.93. The zero-order valence-electron chi connectivity index (χ0n) is 21.5. The molecule has 0 radical (unpaired) electrons. The Hall–Kier alpha value is -2.88. The minimum Gasteiger partial charge on any atom is -0.331 e. The van der Waals surface area contributed by atoms with Crippen LogP contribution in [0.3, 0.4) is 0 Å². The summed E-state index contributed by atoms with van der Waals surface area (Å²) in [7, 11) is 0. The molecule has 188 valence electrons. The van der Waals surface area contributed by atoms with Gasteiger partial charge in [0.2, 0.25) is 11.8 Å². The zero-order valence-corrected chi connectivity index (χ0v) is 21.5. The molecule has 2 aromatic rings. The van der Waals surface area contributed by atoms with E-state index in [9.17, 15) is 9.59 Å². The molecule has 1 aliphatic heterocycles. The van der Waals surface area contributed by atoms with Crippen LogP contribution >= 0.6 is 0 Å². The second-order valence-corrected chi connectivity index (χ2v) is 12.2. The Morgan fingerprint density at radius 1 is 0.917 bits per heavy atom. The first-order chi connectivity index (χ1) is 17.4. The van der Waals surface area contributed by atoms with Gasteiger partial charge in [0.15, 0.2) is 0 Å². The number of hydrogen-bond acceptors (Lipinski definition) is 2. The number of carbonyl (C=O) groups excluding carboxylic acids is 2. The van der Waals surface area contributed by atoms with Gasteiger partial charge < -0.3 is 10.2 Å². The van der Waals surface area contributed by atoms with Crippen LogP contribution in [-0.2, 0) is 16.1 Å². The lowest BCUT2D eigenvalue weighted by Crippen LogP contribution is -2.60. The van der Waals surface area contributed by atoms with Gasteiger partial charge in [-0.05, 0) is 85.5 Å². The summed E-state index contributed by atoms with van der Waals surface area (Å²) in [6.45, 7) is 5.49. The highest BCUT2D eigenvalue weighted by Gasteiger charge is 2.61. The van der Waals surface area contributed by atoms with Gasteiger partial charge in [0.25, 0.3) is 0 Å². The molecule has 0 spiro atoms. The lowest BCUT2D eigenvalue weighted by molar-refractivity contribution is -0.144. The maximum Gasteiger partial charge on any atom is 0.246 e. The fourth-order valence-corrected chi connectivity index (χ4v) is 8.75. The number of amides is 2. The molecule has 0 aromatic heterocycles. The Kier molecular flexibility index (Phi) is 5.81. The van der Waals surface area contributed by atoms with Crippen molar-refractivity contribution in [3.05, 3.63) is 78.4 Å². The van der Waals surface area contributed by atoms with Crippen molar-refractivity contribution >= 4 is 17.5 Å². The van der Waals surface area contributed by atoms with Crippen LogP contribution in [0.25, 0.3) is 0 Å². The van der Waals surface area contributed by atoms with Crippen molar-refractivity contribution in [2.24, 2.45) is 34.5 Å². The van der Waals surface area contributed by atoms with Crippen molar-refractivity contribution in [3.63, 3.8) is 0 Å². The Labute approximate surface area is 215 Å². The zero-order chi connectivity index (χ0) is 24.9. The molecule has 4 heteroatoms. The van der Waals surface area contributed by atoms with Crippen molar-refractivity contribution in [3.8, 4) is 0 Å². The molecule has 3 fully saturated rings. The summed E-state index contributed by atoms with van der Waals surface area (Å²) in [6, 6.07) is 20.5. The van der Waals surface area contributed by atoms with E-state index in [1.54, 1.807) is 0 Å². The quantitative estimate of drug-likeness (QED) is 0.544. The van der Waals surface area contributed by atoms with Crippen molar-refractivity contribution in [2.75, 3.05) is 5.32 Å². The Morgan fingerprint density at radius 2 is 1.64 bits per heavy atom. The third-order valence-corrected chi connectivity index (χ3v) is 10.5. The largest absolute Gasteiger partial charge is 0.331 e. The van der Waals surface area contributed by atoms with Gasteiger partial charge in [-0.25, -0.2) is 0 Å². The first kappa shape index (κ1) is 23.5. The summed E-state index contributed by atoms with van der Waals surface area (Å²) >= 11 is 0. The highest BCUT2D eigenvalue weighted by atomic mass is 16.2. The first-order valence-electron chi connectivity index (χ1n) is 13.8. The van der Waals surface area contributed by atoms with Gasteiger partial charge in [0.05, 0.1) is 0 Å². The molecular formula is C32H38N2O2. The Morgan fingerprint density at radius 3 is 2.39 bits per heavy atom. The second kappa shape index (κ2) is 8.90. The normalized spacial score (nSPS) is 37.1. The van der Waals surface area contributed by atoms with Crippen LogP contribution in [0.2, 0.25) is 0 Å². The van der Waals surface area contributed by atoms with Gasteiger partial charge in [-0.15, -0.1) is 0 Å². The van der Waals surface area contributed by atoms with E-state index in [0.29, 0.717) is 24.3 Å². The maximum absolute atomic E-state index is 13.4. The number of nitrogens with zero attached hydrogens (tertiary/aromatic N) is 1. The van der Waals surface area contributed by atoms with Crippen molar-refractivity contribution in [1.29, 1.82) is 0 Å². The molecule has 7 atom stereocenters. The Balaban J connectivity index is 1.23. The van der Waals surface area contributed by atoms with Gasteiger partial charge in [0.1, 0.15) is 0 Å². The minimum atomic E-state index is -0.00266. The van der Waals surface area contributed by atoms with Crippen LogP contribution < -0.4 is 5.32 Å². The molecular weight excluding hydrogens is 444 g/mol. The van der Waals surface area contributed by atoms with Gasteiger partial charge >= 0.3 is 0 Å². The number of para-hydroxylation sites is 1. The van der Waals surface area contributed by atoms with Gasteiger partial charge in [-0.3, -0.25) is 9.59 Å². The monoisotopic (exact) mass is 482 g/mol. The lowest BCUT2D eigenvalue weighted by atomic mass is 9.47. The number of hydrogen-bond donors (Lipinski definition) is 1. The molecule has 6 rings (SSSR count). The van der Waals surface area contributed by atoms with E-state index >= 15 is 0 Å². The minimum absolute atomic E-state index is 0.00266. The molecule has 0 saturated heterocycles. The third-order valence-electron chi connectivity index (χ3n) is 10.5. The summed E-state index contributed by atoms with van der Waals surface area (Å²) in [4.78, 5) is 28.6. The van der Waals surface area contributed by atoms with Crippen LogP contribution in [0.1, 0.15) is 57.9 Å². The number of rotatable bonds is 4. The number of carbonyl (C=O) groups is 2. The van der Waals surface area contributed by atoms with Crippen LogP contribution in [0.5, 0.6) is 0 Å². The highest BCUT2D eigenvalue weighted by Crippen LogP contribution is 2.65. The fourth-order valence-electron chi connectivity index (χ4n) is 8.75. The molecule has 4 nitrogen and oxygen atoms in total. The van der Waals surface area contributed by atoms with E-state index in [0.717, 1.165) is 44.2 Å². The predicted molar refractivity (Wildman–Crippen MR) is 143 cm³/mol. The Bertz CT molecular complexity index is 1160. The smallest absolute Gasteiger partial charge is 0.246 e. The fraction of sp³-hybridized carbons (Fsp3) is 0.500. The molecule has 0 unspecified atom stereocenters. The number of anilines is 1. The number of fused-ring (bicyclic) bond motifs is 5. The summed E-state index contributed by atoms with van der Waals surface area (Å²) < 4.78 is 0. The van der Waals surface area contributed by atoms with E-state index in [-0.39, 0.29) is 34.6 Å². The van der Waals surface area contributed by atoms with Gasteiger partial charge in [0, 0.05) is 29.6 Å². The second-order valence-electron chi connectivity index (χ2n) is 12.2. The van der Waals surface area contributed by atoms with Crippen molar-refractivity contribution in [1.82, 2.24) is 4.90 Å². The predicted octanol–water partition coefficient (Wildman–Crippen LogP) is 6.45. The van der Waals surface area contributed by atoms with E-state index in [1.165, 1.54) is 5.56 Å². The summed E-state index contributed by atoms with van der Waals surface area (Å²) in [5.41, 5.74) is 2.15. The molecule has 2 amide bonds. The first-order valence-corrected chi connectivity index (χ1v) is 13.8. The van der Waals surface area contributed by atoms with E-state index < -0.39 is 0 Å². The summed E-state index contributed by atoms with van der Waals surface area (Å²) in [6.07, 6.45) is 10.7. The average Bonchev–Trinajstić information content (AvgIpc) is 3.25. The van der Waals surface area contributed by atoms with E-state index in [4.69, 9.17) is 0 Å². The van der Waals surface area contributed by atoms with Gasteiger partial charge in [-0.1, -0.05) is 68.5 Å². The molecule has 3 aliphatic carbocycles. The molecule has 1 heterocycles.